The second kappa shape index (κ2) is 9.80. The Balaban J connectivity index is 1.60. The smallest absolute Gasteiger partial charge is 0.341 e. The quantitative estimate of drug-likeness (QED) is 0.589. The predicted octanol–water partition coefficient (Wildman–Crippen LogP) is 2.90. The normalized spacial score (nSPS) is 14.2. The third-order valence-corrected chi connectivity index (χ3v) is 8.09. The van der Waals surface area contributed by atoms with Gasteiger partial charge in [-0.1, -0.05) is 0 Å². The number of aryl methyl sites for hydroxylation is 1. The lowest BCUT2D eigenvalue weighted by atomic mass is 10.1. The van der Waals surface area contributed by atoms with E-state index in [-0.39, 0.29) is 16.4 Å². The van der Waals surface area contributed by atoms with E-state index in [1.54, 1.807) is 6.92 Å². The maximum absolute atomic E-state index is 12.6. The van der Waals surface area contributed by atoms with Gasteiger partial charge in [0, 0.05) is 30.6 Å². The fraction of sp³-hybridized carbons (Fsp3) is 0.381. The first-order valence-corrected chi connectivity index (χ1v) is 12.3. The summed E-state index contributed by atoms with van der Waals surface area (Å²) in [5.74, 6) is -1.59. The molecule has 1 aromatic heterocycles. The number of ether oxygens (including phenoxy) is 1. The number of benzene rings is 1. The number of carbonyl (C=O) groups excluding carboxylic acids is 3. The average molecular weight is 480 g/mol. The molecular formula is C21H25N3O6S2. The van der Waals surface area contributed by atoms with Crippen molar-refractivity contribution in [2.45, 2.75) is 38.5 Å². The van der Waals surface area contributed by atoms with E-state index in [2.05, 4.69) is 10.6 Å². The lowest BCUT2D eigenvalue weighted by Crippen LogP contribution is -2.27. The number of nitrogens with zero attached hydrogens (tertiary/aromatic N) is 1. The van der Waals surface area contributed by atoms with Crippen molar-refractivity contribution in [3.63, 3.8) is 0 Å². The molecule has 9 nitrogen and oxygen atoms in total. The van der Waals surface area contributed by atoms with Gasteiger partial charge in [-0.25, -0.2) is 13.2 Å². The second-order valence-corrected chi connectivity index (χ2v) is 10.6. The van der Waals surface area contributed by atoms with E-state index in [1.807, 2.05) is 6.92 Å². The third kappa shape index (κ3) is 5.34. The van der Waals surface area contributed by atoms with Crippen molar-refractivity contribution in [1.29, 1.82) is 0 Å². The van der Waals surface area contributed by atoms with E-state index in [9.17, 15) is 22.8 Å². The molecule has 2 heterocycles. The first-order valence-electron chi connectivity index (χ1n) is 10.0. The molecule has 2 N–H and O–H groups in total. The molecule has 2 aromatic rings. The fourth-order valence-corrected chi connectivity index (χ4v) is 5.92. The first kappa shape index (κ1) is 23.9. The van der Waals surface area contributed by atoms with Crippen LogP contribution in [0.1, 0.15) is 40.6 Å². The molecule has 0 bridgehead atoms. The minimum atomic E-state index is -3.53. The summed E-state index contributed by atoms with van der Waals surface area (Å²) in [4.78, 5) is 37.1. The molecule has 0 atom stereocenters. The standard InChI is InChI=1S/C21H25N3O6S2/c1-13-14(2)31-20(22-15(3)25)19(13)21(27)30-12-18(26)23-16-6-8-17(9-7-16)32(28,29)24-10-4-5-11-24/h6-9H,4-5,10-12H2,1-3H3,(H,22,25)(H,23,26). The molecule has 1 aromatic carbocycles. The second-order valence-electron chi connectivity index (χ2n) is 7.43. The van der Waals surface area contributed by atoms with Crippen molar-refractivity contribution in [2.75, 3.05) is 30.3 Å². The number of carbonyl (C=O) groups is 3. The van der Waals surface area contributed by atoms with E-state index in [0.29, 0.717) is 29.3 Å². The molecule has 0 radical (unpaired) electrons. The zero-order chi connectivity index (χ0) is 23.5. The fourth-order valence-electron chi connectivity index (χ4n) is 3.31. The molecule has 1 aliphatic rings. The zero-order valence-electron chi connectivity index (χ0n) is 18.1. The molecule has 11 heteroatoms. The summed E-state index contributed by atoms with van der Waals surface area (Å²) in [5, 5.41) is 5.56. The number of anilines is 2. The van der Waals surface area contributed by atoms with Gasteiger partial charge in [0.25, 0.3) is 5.91 Å². The van der Waals surface area contributed by atoms with Crippen LogP contribution in [0.15, 0.2) is 29.2 Å². The summed E-state index contributed by atoms with van der Waals surface area (Å²) in [6, 6.07) is 5.85. The summed E-state index contributed by atoms with van der Waals surface area (Å²) >= 11 is 1.26. The molecule has 1 fully saturated rings. The Morgan fingerprint density at radius 3 is 2.28 bits per heavy atom. The predicted molar refractivity (Wildman–Crippen MR) is 121 cm³/mol. The minimum Gasteiger partial charge on any atom is -0.452 e. The Labute approximate surface area is 190 Å². The summed E-state index contributed by atoms with van der Waals surface area (Å²) in [6.45, 7) is 5.40. The Morgan fingerprint density at radius 2 is 1.69 bits per heavy atom. The zero-order valence-corrected chi connectivity index (χ0v) is 19.7. The SMILES string of the molecule is CC(=O)Nc1sc(C)c(C)c1C(=O)OCC(=O)Nc1ccc(S(=O)(=O)N2CCCC2)cc1. The third-order valence-electron chi connectivity index (χ3n) is 5.05. The van der Waals surface area contributed by atoms with Crippen molar-refractivity contribution in [3.8, 4) is 0 Å². The van der Waals surface area contributed by atoms with E-state index < -0.39 is 28.5 Å². The molecule has 172 valence electrons. The molecule has 2 amide bonds. The summed E-state index contributed by atoms with van der Waals surface area (Å²) in [6.07, 6.45) is 1.70. The molecular weight excluding hydrogens is 454 g/mol. The first-order chi connectivity index (χ1) is 15.1. The minimum absolute atomic E-state index is 0.164. The van der Waals surface area contributed by atoms with Crippen LogP contribution in [0.25, 0.3) is 0 Å². The molecule has 0 aliphatic carbocycles. The van der Waals surface area contributed by atoms with E-state index >= 15 is 0 Å². The Kier molecular flexibility index (Phi) is 7.32. The van der Waals surface area contributed by atoms with Crippen LogP contribution >= 0.6 is 11.3 Å². The highest BCUT2D eigenvalue weighted by atomic mass is 32.2. The van der Waals surface area contributed by atoms with Crippen LogP contribution in [0.4, 0.5) is 10.7 Å². The van der Waals surface area contributed by atoms with Gasteiger partial charge in [0.15, 0.2) is 6.61 Å². The van der Waals surface area contributed by atoms with Gasteiger partial charge in [-0.3, -0.25) is 9.59 Å². The Hall–Kier alpha value is -2.76. The van der Waals surface area contributed by atoms with Crippen LogP contribution in [0.5, 0.6) is 0 Å². The van der Waals surface area contributed by atoms with Crippen molar-refractivity contribution in [3.05, 3.63) is 40.3 Å². The van der Waals surface area contributed by atoms with Gasteiger partial charge >= 0.3 is 5.97 Å². The maximum atomic E-state index is 12.6. The summed E-state index contributed by atoms with van der Waals surface area (Å²) in [7, 11) is -3.53. The molecule has 0 unspecified atom stereocenters. The van der Waals surface area contributed by atoms with E-state index in [1.165, 1.54) is 46.8 Å². The van der Waals surface area contributed by atoms with Gasteiger partial charge in [-0.2, -0.15) is 4.31 Å². The number of rotatable bonds is 7. The Morgan fingerprint density at radius 1 is 1.06 bits per heavy atom. The van der Waals surface area contributed by atoms with Crippen LogP contribution < -0.4 is 10.6 Å². The van der Waals surface area contributed by atoms with Gasteiger partial charge in [-0.15, -0.1) is 11.3 Å². The molecule has 1 aliphatic heterocycles. The topological polar surface area (TPSA) is 122 Å². The van der Waals surface area contributed by atoms with Gasteiger partial charge < -0.3 is 15.4 Å². The average Bonchev–Trinajstić information content (AvgIpc) is 3.36. The van der Waals surface area contributed by atoms with Crippen LogP contribution in [-0.2, 0) is 24.3 Å². The van der Waals surface area contributed by atoms with E-state index in [0.717, 1.165) is 17.7 Å². The lowest BCUT2D eigenvalue weighted by Gasteiger charge is -2.15. The summed E-state index contributed by atoms with van der Waals surface area (Å²) < 4.78 is 31.7. The highest BCUT2D eigenvalue weighted by Gasteiger charge is 2.27. The number of esters is 1. The number of hydrogen-bond donors (Lipinski definition) is 2. The van der Waals surface area contributed by atoms with Crippen molar-refractivity contribution in [1.82, 2.24) is 4.31 Å². The molecule has 3 rings (SSSR count). The highest BCUT2D eigenvalue weighted by molar-refractivity contribution is 7.89. The van der Waals surface area contributed by atoms with Gasteiger partial charge in [0.05, 0.1) is 10.5 Å². The number of sulfonamides is 1. The number of hydrogen-bond acceptors (Lipinski definition) is 7. The molecule has 1 saturated heterocycles. The number of nitrogens with one attached hydrogen (secondary N) is 2. The monoisotopic (exact) mass is 479 g/mol. The van der Waals surface area contributed by atoms with Gasteiger partial charge in [-0.05, 0) is 56.5 Å². The van der Waals surface area contributed by atoms with Crippen LogP contribution in [0.2, 0.25) is 0 Å². The van der Waals surface area contributed by atoms with Crippen LogP contribution in [-0.4, -0.2) is 50.2 Å². The van der Waals surface area contributed by atoms with Crippen LogP contribution in [0.3, 0.4) is 0 Å². The summed E-state index contributed by atoms with van der Waals surface area (Å²) in [5.41, 5.74) is 1.29. The molecule has 0 spiro atoms. The van der Waals surface area contributed by atoms with Gasteiger partial charge in [0.2, 0.25) is 15.9 Å². The molecule has 0 saturated carbocycles. The maximum Gasteiger partial charge on any atom is 0.341 e. The van der Waals surface area contributed by atoms with Crippen molar-refractivity contribution >= 4 is 49.8 Å². The van der Waals surface area contributed by atoms with E-state index in [4.69, 9.17) is 4.74 Å². The Bertz CT molecular complexity index is 1130. The van der Waals surface area contributed by atoms with Crippen molar-refractivity contribution < 1.29 is 27.5 Å². The highest BCUT2D eigenvalue weighted by Crippen LogP contribution is 2.33. The van der Waals surface area contributed by atoms with Gasteiger partial charge in [0.1, 0.15) is 5.00 Å². The van der Waals surface area contributed by atoms with Crippen molar-refractivity contribution in [2.24, 2.45) is 0 Å². The molecule has 32 heavy (non-hydrogen) atoms. The largest absolute Gasteiger partial charge is 0.452 e. The number of amides is 2. The van der Waals surface area contributed by atoms with Crippen LogP contribution in [0, 0.1) is 13.8 Å². The lowest BCUT2D eigenvalue weighted by molar-refractivity contribution is -0.119. The number of thiophene rings is 1.